The Balaban J connectivity index is 1.75. The Morgan fingerprint density at radius 3 is 2.91 bits per heavy atom. The van der Waals surface area contributed by atoms with Gasteiger partial charge in [-0.15, -0.1) is 0 Å². The van der Waals surface area contributed by atoms with Crippen molar-refractivity contribution >= 4 is 17.5 Å². The molecule has 0 bridgehead atoms. The van der Waals surface area contributed by atoms with Crippen molar-refractivity contribution < 1.29 is 4.79 Å². The molecule has 0 spiro atoms. The summed E-state index contributed by atoms with van der Waals surface area (Å²) in [5.41, 5.74) is 1.87. The molecule has 3 rings (SSSR count). The van der Waals surface area contributed by atoms with E-state index in [0.717, 1.165) is 43.1 Å². The second-order valence-corrected chi connectivity index (χ2v) is 5.92. The van der Waals surface area contributed by atoms with Crippen LogP contribution in [0.5, 0.6) is 0 Å². The minimum absolute atomic E-state index is 0.126. The molecule has 0 unspecified atom stereocenters. The van der Waals surface area contributed by atoms with Crippen LogP contribution in [0.1, 0.15) is 37.1 Å². The van der Waals surface area contributed by atoms with Crippen LogP contribution in [-0.2, 0) is 4.79 Å². The molecule has 6 heteroatoms. The molecular weight excluding hydrogens is 290 g/mol. The van der Waals surface area contributed by atoms with E-state index in [1.165, 1.54) is 0 Å². The zero-order chi connectivity index (χ0) is 16.2. The number of carbonyl (C=O) groups excluding carboxylic acids is 1. The lowest BCUT2D eigenvalue weighted by Gasteiger charge is -2.31. The molecular formula is C17H21N5O. The lowest BCUT2D eigenvalue weighted by atomic mass is 9.95. The molecule has 2 aromatic heterocycles. The van der Waals surface area contributed by atoms with Crippen LogP contribution in [0.3, 0.4) is 0 Å². The third-order valence-electron chi connectivity index (χ3n) is 4.08. The van der Waals surface area contributed by atoms with E-state index in [1.807, 2.05) is 30.0 Å². The number of pyridine rings is 1. The topological polar surface area (TPSA) is 71.0 Å². The van der Waals surface area contributed by atoms with E-state index in [9.17, 15) is 4.79 Å². The van der Waals surface area contributed by atoms with Crippen LogP contribution in [0.25, 0.3) is 0 Å². The molecule has 120 valence electrons. The predicted octanol–water partition coefficient (Wildman–Crippen LogP) is 2.65. The summed E-state index contributed by atoms with van der Waals surface area (Å²) in [7, 11) is 0. The first-order chi connectivity index (χ1) is 11.1. The third kappa shape index (κ3) is 3.83. The van der Waals surface area contributed by atoms with E-state index in [-0.39, 0.29) is 11.8 Å². The molecule has 0 radical (unpaired) electrons. The molecule has 0 aromatic carbocycles. The van der Waals surface area contributed by atoms with Gasteiger partial charge in [-0.3, -0.25) is 9.78 Å². The van der Waals surface area contributed by atoms with Crippen LogP contribution >= 0.6 is 0 Å². The standard InChI is InChI=1S/C17H21N5O/c1-12-5-3-7-16(19-12)21-17-10-18-9-15(20-17)14-6-4-8-22(11-14)13(2)23/h3,5,7,9-10,14H,4,6,8,11H2,1-2H3,(H,19,20,21)/t14-/m1/s1. The molecule has 1 fully saturated rings. The molecule has 1 amide bonds. The van der Waals surface area contributed by atoms with E-state index in [4.69, 9.17) is 0 Å². The number of amides is 1. The van der Waals surface area contributed by atoms with E-state index in [0.29, 0.717) is 5.82 Å². The van der Waals surface area contributed by atoms with E-state index in [1.54, 1.807) is 19.3 Å². The van der Waals surface area contributed by atoms with E-state index >= 15 is 0 Å². The highest BCUT2D eigenvalue weighted by molar-refractivity contribution is 5.73. The second kappa shape index (κ2) is 6.73. The Kier molecular flexibility index (Phi) is 4.50. The summed E-state index contributed by atoms with van der Waals surface area (Å²) in [5.74, 6) is 1.80. The van der Waals surface area contributed by atoms with Gasteiger partial charge in [0, 0.05) is 37.8 Å². The second-order valence-electron chi connectivity index (χ2n) is 5.92. The fourth-order valence-corrected chi connectivity index (χ4v) is 2.89. The quantitative estimate of drug-likeness (QED) is 0.943. The van der Waals surface area contributed by atoms with Crippen LogP contribution < -0.4 is 5.32 Å². The minimum Gasteiger partial charge on any atom is -0.342 e. The summed E-state index contributed by atoms with van der Waals surface area (Å²) in [5, 5.41) is 3.19. The van der Waals surface area contributed by atoms with Gasteiger partial charge in [0.15, 0.2) is 0 Å². The average Bonchev–Trinajstić information content (AvgIpc) is 2.55. The fraction of sp³-hybridized carbons (Fsp3) is 0.412. The number of hydrogen-bond acceptors (Lipinski definition) is 5. The van der Waals surface area contributed by atoms with Crippen LogP contribution in [0, 0.1) is 6.92 Å². The van der Waals surface area contributed by atoms with Crippen molar-refractivity contribution in [1.82, 2.24) is 19.9 Å². The first-order valence-electron chi connectivity index (χ1n) is 7.90. The number of likely N-dealkylation sites (tertiary alicyclic amines) is 1. The summed E-state index contributed by atoms with van der Waals surface area (Å²) in [6.45, 7) is 5.13. The van der Waals surface area contributed by atoms with Gasteiger partial charge in [-0.25, -0.2) is 9.97 Å². The number of hydrogen-bond donors (Lipinski definition) is 1. The first kappa shape index (κ1) is 15.4. The smallest absolute Gasteiger partial charge is 0.219 e. The summed E-state index contributed by atoms with van der Waals surface area (Å²) in [4.78, 5) is 26.8. The monoisotopic (exact) mass is 311 g/mol. The molecule has 3 heterocycles. The summed E-state index contributed by atoms with van der Waals surface area (Å²) in [6, 6.07) is 5.80. The maximum absolute atomic E-state index is 11.6. The molecule has 0 saturated carbocycles. The van der Waals surface area contributed by atoms with Crippen LogP contribution in [0.4, 0.5) is 11.6 Å². The van der Waals surface area contributed by atoms with Crippen molar-refractivity contribution in [3.05, 3.63) is 42.0 Å². The number of aryl methyl sites for hydroxylation is 1. The van der Waals surface area contributed by atoms with Gasteiger partial charge in [0.25, 0.3) is 0 Å². The molecule has 1 N–H and O–H groups in total. The first-order valence-corrected chi connectivity index (χ1v) is 7.90. The number of nitrogens with one attached hydrogen (secondary N) is 1. The van der Waals surface area contributed by atoms with E-state index < -0.39 is 0 Å². The lowest BCUT2D eigenvalue weighted by Crippen LogP contribution is -2.37. The Morgan fingerprint density at radius 1 is 1.26 bits per heavy atom. The van der Waals surface area contributed by atoms with Crippen molar-refractivity contribution in [3.63, 3.8) is 0 Å². The van der Waals surface area contributed by atoms with Gasteiger partial charge in [0.05, 0.1) is 11.9 Å². The largest absolute Gasteiger partial charge is 0.342 e. The normalized spacial score (nSPS) is 17.8. The van der Waals surface area contributed by atoms with Crippen LogP contribution in [0.2, 0.25) is 0 Å². The number of anilines is 2. The minimum atomic E-state index is 0.126. The summed E-state index contributed by atoms with van der Waals surface area (Å²) >= 11 is 0. The number of carbonyl (C=O) groups is 1. The zero-order valence-corrected chi connectivity index (χ0v) is 13.5. The van der Waals surface area contributed by atoms with Gasteiger partial charge in [0.2, 0.25) is 5.91 Å². The van der Waals surface area contributed by atoms with Gasteiger partial charge < -0.3 is 10.2 Å². The van der Waals surface area contributed by atoms with Crippen LogP contribution in [-0.4, -0.2) is 38.8 Å². The van der Waals surface area contributed by atoms with Gasteiger partial charge in [-0.05, 0) is 31.9 Å². The maximum Gasteiger partial charge on any atom is 0.219 e. The van der Waals surface area contributed by atoms with Crippen molar-refractivity contribution in [3.8, 4) is 0 Å². The number of nitrogens with zero attached hydrogens (tertiary/aromatic N) is 4. The van der Waals surface area contributed by atoms with Gasteiger partial charge >= 0.3 is 0 Å². The molecule has 0 aliphatic carbocycles. The lowest BCUT2D eigenvalue weighted by molar-refractivity contribution is -0.130. The average molecular weight is 311 g/mol. The fourth-order valence-electron chi connectivity index (χ4n) is 2.89. The maximum atomic E-state index is 11.6. The van der Waals surface area contributed by atoms with Crippen molar-refractivity contribution in [1.29, 1.82) is 0 Å². The Labute approximate surface area is 136 Å². The molecule has 23 heavy (non-hydrogen) atoms. The van der Waals surface area contributed by atoms with Crippen molar-refractivity contribution in [2.75, 3.05) is 18.4 Å². The van der Waals surface area contributed by atoms with Gasteiger partial charge in [-0.2, -0.15) is 0 Å². The highest BCUT2D eigenvalue weighted by atomic mass is 16.2. The molecule has 1 atom stereocenters. The number of aromatic nitrogens is 3. The SMILES string of the molecule is CC(=O)N1CCC[C@@H](c2cncc(Nc3cccc(C)n3)n2)C1. The number of piperidine rings is 1. The van der Waals surface area contributed by atoms with Crippen molar-refractivity contribution in [2.24, 2.45) is 0 Å². The Morgan fingerprint density at radius 2 is 2.13 bits per heavy atom. The molecule has 6 nitrogen and oxygen atoms in total. The Bertz CT molecular complexity index is 703. The predicted molar refractivity (Wildman–Crippen MR) is 88.5 cm³/mol. The third-order valence-corrected chi connectivity index (χ3v) is 4.08. The van der Waals surface area contributed by atoms with Gasteiger partial charge in [0.1, 0.15) is 11.6 Å². The summed E-state index contributed by atoms with van der Waals surface area (Å²) < 4.78 is 0. The number of rotatable bonds is 3. The van der Waals surface area contributed by atoms with Gasteiger partial charge in [-0.1, -0.05) is 6.07 Å². The molecule has 1 saturated heterocycles. The highest BCUT2D eigenvalue weighted by Gasteiger charge is 2.24. The van der Waals surface area contributed by atoms with Crippen molar-refractivity contribution in [2.45, 2.75) is 32.6 Å². The highest BCUT2D eigenvalue weighted by Crippen LogP contribution is 2.26. The molecule has 2 aromatic rings. The molecule has 1 aliphatic rings. The zero-order valence-electron chi connectivity index (χ0n) is 13.5. The van der Waals surface area contributed by atoms with E-state index in [2.05, 4.69) is 20.3 Å². The summed E-state index contributed by atoms with van der Waals surface area (Å²) in [6.07, 6.45) is 5.52. The Hall–Kier alpha value is -2.50. The molecule has 1 aliphatic heterocycles. The van der Waals surface area contributed by atoms with Crippen LogP contribution in [0.15, 0.2) is 30.6 Å².